The van der Waals surface area contributed by atoms with E-state index in [4.69, 9.17) is 0 Å². The van der Waals surface area contributed by atoms with Crippen molar-refractivity contribution in [3.8, 4) is 0 Å². The van der Waals surface area contributed by atoms with Crippen LogP contribution in [0.25, 0.3) is 0 Å². The second-order valence-corrected chi connectivity index (χ2v) is 5.02. The van der Waals surface area contributed by atoms with Gasteiger partial charge in [0.2, 0.25) is 5.91 Å². The predicted molar refractivity (Wildman–Crippen MR) is 71.1 cm³/mol. The second-order valence-electron chi connectivity index (χ2n) is 5.02. The molecule has 1 aromatic rings. The Bertz CT molecular complexity index is 393. The van der Waals surface area contributed by atoms with Crippen molar-refractivity contribution >= 4 is 5.91 Å². The van der Waals surface area contributed by atoms with Crippen molar-refractivity contribution in [3.05, 3.63) is 30.1 Å². The molecule has 0 spiro atoms. The van der Waals surface area contributed by atoms with Crippen LogP contribution in [0.3, 0.4) is 0 Å². The third kappa shape index (κ3) is 3.29. The second kappa shape index (κ2) is 5.96. The van der Waals surface area contributed by atoms with Crippen molar-refractivity contribution in [2.24, 2.45) is 0 Å². The Hall–Kier alpha value is -1.42. The van der Waals surface area contributed by atoms with Crippen LogP contribution >= 0.6 is 0 Å². The van der Waals surface area contributed by atoms with Crippen LogP contribution in [0.2, 0.25) is 0 Å². The first-order valence-corrected chi connectivity index (χ1v) is 6.60. The smallest absolute Gasteiger partial charge is 0.222 e. The summed E-state index contributed by atoms with van der Waals surface area (Å²) in [5, 5.41) is 3.51. The number of nitrogens with zero attached hydrogens (tertiary/aromatic N) is 2. The van der Waals surface area contributed by atoms with Gasteiger partial charge in [0.25, 0.3) is 0 Å². The number of rotatable bonds is 5. The van der Waals surface area contributed by atoms with Crippen molar-refractivity contribution in [1.82, 2.24) is 15.2 Å². The minimum atomic E-state index is 0.256. The lowest BCUT2D eigenvalue weighted by Gasteiger charge is -2.25. The van der Waals surface area contributed by atoms with E-state index in [0.29, 0.717) is 12.5 Å². The molecule has 0 radical (unpaired) electrons. The zero-order valence-corrected chi connectivity index (χ0v) is 11.1. The van der Waals surface area contributed by atoms with Gasteiger partial charge in [-0.25, -0.2) is 0 Å². The molecule has 1 aromatic heterocycles. The molecule has 98 valence electrons. The van der Waals surface area contributed by atoms with E-state index in [9.17, 15) is 4.79 Å². The number of pyridine rings is 1. The molecule has 2 unspecified atom stereocenters. The lowest BCUT2D eigenvalue weighted by atomic mass is 10.1. The molecule has 1 aliphatic heterocycles. The van der Waals surface area contributed by atoms with Crippen molar-refractivity contribution in [2.45, 2.75) is 38.8 Å². The van der Waals surface area contributed by atoms with Gasteiger partial charge in [0.1, 0.15) is 0 Å². The Morgan fingerprint density at radius 3 is 2.94 bits per heavy atom. The van der Waals surface area contributed by atoms with Gasteiger partial charge >= 0.3 is 0 Å². The van der Waals surface area contributed by atoms with Gasteiger partial charge in [-0.1, -0.05) is 6.07 Å². The highest BCUT2D eigenvalue weighted by molar-refractivity contribution is 5.78. The van der Waals surface area contributed by atoms with Gasteiger partial charge in [0, 0.05) is 44.0 Å². The van der Waals surface area contributed by atoms with Gasteiger partial charge in [-0.05, 0) is 31.9 Å². The molecule has 4 heteroatoms. The third-order valence-electron chi connectivity index (χ3n) is 3.38. The predicted octanol–water partition coefficient (Wildman–Crippen LogP) is 1.74. The zero-order chi connectivity index (χ0) is 13.0. The van der Waals surface area contributed by atoms with Crippen LogP contribution in [0, 0.1) is 0 Å². The van der Waals surface area contributed by atoms with Crippen molar-refractivity contribution < 1.29 is 4.79 Å². The summed E-state index contributed by atoms with van der Waals surface area (Å²) < 4.78 is 0. The average molecular weight is 247 g/mol. The minimum Gasteiger partial charge on any atom is -0.341 e. The maximum Gasteiger partial charge on any atom is 0.222 e. The van der Waals surface area contributed by atoms with E-state index < -0.39 is 0 Å². The van der Waals surface area contributed by atoms with Crippen LogP contribution in [0.5, 0.6) is 0 Å². The lowest BCUT2D eigenvalue weighted by Crippen LogP contribution is -2.40. The number of carbonyl (C=O) groups excluding carboxylic acids is 1. The molecule has 2 atom stereocenters. The summed E-state index contributed by atoms with van der Waals surface area (Å²) in [6, 6.07) is 4.56. The van der Waals surface area contributed by atoms with Crippen LogP contribution in [0.1, 0.15) is 38.3 Å². The van der Waals surface area contributed by atoms with E-state index in [-0.39, 0.29) is 11.9 Å². The van der Waals surface area contributed by atoms with Crippen molar-refractivity contribution in [2.75, 3.05) is 13.1 Å². The molecular formula is C14H21N3O. The normalized spacial score (nSPS) is 19.0. The number of aromatic nitrogens is 1. The van der Waals surface area contributed by atoms with E-state index in [1.165, 1.54) is 5.56 Å². The maximum atomic E-state index is 11.6. The standard InChI is InChI=1S/C14H21N3O/c1-11(10-17-8-4-6-14(17)18)16-12(2)13-5-3-7-15-9-13/h3,5,7,9,11-12,16H,4,6,8,10H2,1-2H3. The number of amides is 1. The minimum absolute atomic E-state index is 0.256. The highest BCUT2D eigenvalue weighted by Crippen LogP contribution is 2.13. The SMILES string of the molecule is CC(CN1CCCC1=O)NC(C)c1cccnc1. The molecule has 1 amide bonds. The number of hydrogen-bond acceptors (Lipinski definition) is 3. The van der Waals surface area contributed by atoms with Gasteiger partial charge in [0.05, 0.1) is 0 Å². The molecular weight excluding hydrogens is 226 g/mol. The summed E-state index contributed by atoms with van der Waals surface area (Å²) in [4.78, 5) is 17.6. The van der Waals surface area contributed by atoms with Gasteiger partial charge in [-0.3, -0.25) is 9.78 Å². The molecule has 2 rings (SSSR count). The summed E-state index contributed by atoms with van der Waals surface area (Å²) in [7, 11) is 0. The lowest BCUT2D eigenvalue weighted by molar-refractivity contribution is -0.127. The Morgan fingerprint density at radius 2 is 2.33 bits per heavy atom. The van der Waals surface area contributed by atoms with Crippen molar-refractivity contribution in [1.29, 1.82) is 0 Å². The first-order valence-electron chi connectivity index (χ1n) is 6.60. The molecule has 0 aliphatic carbocycles. The van der Waals surface area contributed by atoms with Crippen LogP contribution < -0.4 is 5.32 Å². The van der Waals surface area contributed by atoms with Gasteiger partial charge in [0.15, 0.2) is 0 Å². The van der Waals surface area contributed by atoms with Crippen LogP contribution in [-0.2, 0) is 4.79 Å². The Labute approximate surface area is 108 Å². The number of likely N-dealkylation sites (tertiary alicyclic amines) is 1. The van der Waals surface area contributed by atoms with E-state index in [1.807, 2.05) is 17.2 Å². The van der Waals surface area contributed by atoms with Gasteiger partial charge < -0.3 is 10.2 Å². The molecule has 18 heavy (non-hydrogen) atoms. The van der Waals surface area contributed by atoms with Crippen LogP contribution in [-0.4, -0.2) is 34.9 Å². The Morgan fingerprint density at radius 1 is 1.50 bits per heavy atom. The quantitative estimate of drug-likeness (QED) is 0.862. The number of carbonyl (C=O) groups is 1. The van der Waals surface area contributed by atoms with E-state index in [2.05, 4.69) is 30.2 Å². The Balaban J connectivity index is 1.84. The summed E-state index contributed by atoms with van der Waals surface area (Å²) in [5.74, 6) is 0.290. The topological polar surface area (TPSA) is 45.2 Å². The third-order valence-corrected chi connectivity index (χ3v) is 3.38. The molecule has 0 saturated carbocycles. The molecule has 1 fully saturated rings. The summed E-state index contributed by atoms with van der Waals surface area (Å²) in [5.41, 5.74) is 1.18. The van der Waals surface area contributed by atoms with E-state index in [0.717, 1.165) is 19.5 Å². The summed E-state index contributed by atoms with van der Waals surface area (Å²) in [6.07, 6.45) is 5.38. The Kier molecular flexibility index (Phi) is 4.31. The van der Waals surface area contributed by atoms with E-state index in [1.54, 1.807) is 6.20 Å². The highest BCUT2D eigenvalue weighted by atomic mass is 16.2. The molecule has 1 aliphatic rings. The van der Waals surface area contributed by atoms with Crippen LogP contribution in [0.4, 0.5) is 0 Å². The van der Waals surface area contributed by atoms with E-state index >= 15 is 0 Å². The molecule has 2 heterocycles. The zero-order valence-electron chi connectivity index (χ0n) is 11.1. The van der Waals surface area contributed by atoms with Crippen LogP contribution in [0.15, 0.2) is 24.5 Å². The summed E-state index contributed by atoms with van der Waals surface area (Å²) >= 11 is 0. The fourth-order valence-electron chi connectivity index (χ4n) is 2.44. The molecule has 1 saturated heterocycles. The molecule has 0 bridgehead atoms. The highest BCUT2D eigenvalue weighted by Gasteiger charge is 2.22. The van der Waals surface area contributed by atoms with Gasteiger partial charge in [-0.2, -0.15) is 0 Å². The fourth-order valence-corrected chi connectivity index (χ4v) is 2.44. The molecule has 1 N–H and O–H groups in total. The maximum absolute atomic E-state index is 11.6. The molecule has 4 nitrogen and oxygen atoms in total. The number of hydrogen-bond donors (Lipinski definition) is 1. The number of nitrogens with one attached hydrogen (secondary N) is 1. The van der Waals surface area contributed by atoms with Crippen molar-refractivity contribution in [3.63, 3.8) is 0 Å². The van der Waals surface area contributed by atoms with Gasteiger partial charge in [-0.15, -0.1) is 0 Å². The first-order chi connectivity index (χ1) is 8.66. The average Bonchev–Trinajstić information content (AvgIpc) is 2.76. The summed E-state index contributed by atoms with van der Waals surface area (Å²) in [6.45, 7) is 5.95. The first kappa shape index (κ1) is 13.0. The monoisotopic (exact) mass is 247 g/mol. The molecule has 0 aromatic carbocycles. The largest absolute Gasteiger partial charge is 0.341 e. The fraction of sp³-hybridized carbons (Fsp3) is 0.571.